The molecule has 0 saturated heterocycles. The van der Waals surface area contributed by atoms with Gasteiger partial charge >= 0.3 is 0 Å². The highest BCUT2D eigenvalue weighted by Crippen LogP contribution is 2.47. The molecule has 2 aromatic rings. The summed E-state index contributed by atoms with van der Waals surface area (Å²) in [7, 11) is 1.58. The van der Waals surface area contributed by atoms with Gasteiger partial charge in [-0.15, -0.1) is 6.58 Å². The van der Waals surface area contributed by atoms with Crippen LogP contribution in [0.4, 0.5) is 4.39 Å². The number of Topliss-reactive ketones (excluding diaryl/α,β-unsaturated/α-hetero) is 2. The molecular formula is C30H30FNO4. The van der Waals surface area contributed by atoms with Gasteiger partial charge in [-0.3, -0.25) is 9.59 Å². The van der Waals surface area contributed by atoms with Crippen molar-refractivity contribution < 1.29 is 23.5 Å². The Kier molecular flexibility index (Phi) is 6.77. The Morgan fingerprint density at radius 3 is 2.22 bits per heavy atom. The quantitative estimate of drug-likeness (QED) is 0.497. The fraction of sp³-hybridized carbons (Fsp3) is 0.333. The second-order valence-electron chi connectivity index (χ2n) is 9.52. The molecule has 1 aliphatic heterocycles. The number of ether oxygens (including phenoxy) is 2. The Bertz CT molecular complexity index is 1250. The number of methoxy groups -OCH3 is 1. The average molecular weight is 488 g/mol. The topological polar surface area (TPSA) is 64.6 Å². The molecule has 0 saturated carbocycles. The van der Waals surface area contributed by atoms with Gasteiger partial charge in [0.1, 0.15) is 12.4 Å². The normalized spacial score (nSPS) is 17.9. The minimum Gasteiger partial charge on any atom is -0.493 e. The highest BCUT2D eigenvalue weighted by molar-refractivity contribution is 6.06. The molecule has 186 valence electrons. The Hall–Kier alpha value is -3.67. The number of halogens is 1. The summed E-state index contributed by atoms with van der Waals surface area (Å²) in [5.74, 6) is 0.583. The van der Waals surface area contributed by atoms with Gasteiger partial charge in [-0.1, -0.05) is 24.3 Å². The molecular weight excluding hydrogens is 457 g/mol. The Labute approximate surface area is 210 Å². The molecule has 36 heavy (non-hydrogen) atoms. The third-order valence-corrected chi connectivity index (χ3v) is 7.16. The lowest BCUT2D eigenvalue weighted by Crippen LogP contribution is -2.36. The first kappa shape index (κ1) is 24.0. The molecule has 0 spiro atoms. The van der Waals surface area contributed by atoms with E-state index in [2.05, 4.69) is 11.9 Å². The van der Waals surface area contributed by atoms with E-state index in [4.69, 9.17) is 9.47 Å². The lowest BCUT2D eigenvalue weighted by atomic mass is 9.71. The second kappa shape index (κ2) is 10.1. The van der Waals surface area contributed by atoms with Crippen molar-refractivity contribution in [3.05, 3.63) is 94.1 Å². The van der Waals surface area contributed by atoms with E-state index in [-0.39, 0.29) is 24.0 Å². The summed E-state index contributed by atoms with van der Waals surface area (Å²) in [4.78, 5) is 26.4. The van der Waals surface area contributed by atoms with Crippen LogP contribution >= 0.6 is 0 Å². The first-order valence-corrected chi connectivity index (χ1v) is 12.5. The molecule has 1 heterocycles. The predicted molar refractivity (Wildman–Crippen MR) is 135 cm³/mol. The molecule has 6 heteroatoms. The summed E-state index contributed by atoms with van der Waals surface area (Å²) < 4.78 is 25.2. The lowest BCUT2D eigenvalue weighted by molar-refractivity contribution is -0.117. The van der Waals surface area contributed by atoms with Crippen LogP contribution in [0, 0.1) is 5.82 Å². The van der Waals surface area contributed by atoms with Crippen molar-refractivity contribution in [1.82, 2.24) is 5.32 Å². The van der Waals surface area contributed by atoms with Gasteiger partial charge < -0.3 is 14.8 Å². The highest BCUT2D eigenvalue weighted by Gasteiger charge is 2.40. The van der Waals surface area contributed by atoms with Crippen molar-refractivity contribution >= 4 is 11.6 Å². The zero-order valence-corrected chi connectivity index (χ0v) is 20.5. The Morgan fingerprint density at radius 1 is 1.00 bits per heavy atom. The highest BCUT2D eigenvalue weighted by atomic mass is 19.1. The van der Waals surface area contributed by atoms with Crippen LogP contribution in [-0.4, -0.2) is 18.7 Å². The minimum atomic E-state index is -0.416. The fourth-order valence-electron chi connectivity index (χ4n) is 5.53. The number of rotatable bonds is 7. The molecule has 5 rings (SSSR count). The molecule has 0 atom stereocenters. The van der Waals surface area contributed by atoms with Gasteiger partial charge in [0.15, 0.2) is 23.1 Å². The van der Waals surface area contributed by atoms with Gasteiger partial charge in [-0.25, -0.2) is 4.39 Å². The van der Waals surface area contributed by atoms with E-state index in [9.17, 15) is 14.0 Å². The standard InChI is InChI=1S/C30H30FNO4/c1-3-6-19-15-20(16-26(35-2)30(19)36-17-18-11-13-21(31)14-12-18)27-28-22(7-4-9-24(28)33)32-23-8-5-10-25(34)29(23)27/h3,11-16,27,32H,1,4-10,17H2,2H3. The smallest absolute Gasteiger partial charge is 0.165 e. The van der Waals surface area contributed by atoms with Crippen LogP contribution in [0.5, 0.6) is 11.5 Å². The third-order valence-electron chi connectivity index (χ3n) is 7.16. The van der Waals surface area contributed by atoms with E-state index in [1.54, 1.807) is 25.3 Å². The van der Waals surface area contributed by atoms with Gasteiger partial charge in [0.2, 0.25) is 0 Å². The maximum absolute atomic E-state index is 13.3. The summed E-state index contributed by atoms with van der Waals surface area (Å²) in [5.41, 5.74) is 5.86. The van der Waals surface area contributed by atoms with Crippen LogP contribution in [0.15, 0.2) is 71.6 Å². The van der Waals surface area contributed by atoms with Gasteiger partial charge in [-0.2, -0.15) is 0 Å². The monoisotopic (exact) mass is 487 g/mol. The number of nitrogens with one attached hydrogen (secondary N) is 1. The second-order valence-corrected chi connectivity index (χ2v) is 9.52. The molecule has 2 aliphatic carbocycles. The summed E-state index contributed by atoms with van der Waals surface area (Å²) in [6, 6.07) is 10.1. The summed E-state index contributed by atoms with van der Waals surface area (Å²) >= 11 is 0. The number of benzene rings is 2. The molecule has 0 amide bonds. The number of hydrogen-bond acceptors (Lipinski definition) is 5. The SMILES string of the molecule is C=CCc1cc(C2C3=C(CCCC3=O)NC3=C2C(=O)CCC3)cc(OC)c1OCc1ccc(F)cc1. The molecule has 0 bridgehead atoms. The lowest BCUT2D eigenvalue weighted by Gasteiger charge is -2.37. The predicted octanol–water partition coefficient (Wildman–Crippen LogP) is 5.84. The zero-order valence-electron chi connectivity index (χ0n) is 20.5. The number of carbonyl (C=O) groups is 2. The van der Waals surface area contributed by atoms with Gasteiger partial charge in [-0.05, 0) is 61.4 Å². The number of dihydropyridines is 1. The number of ketones is 2. The van der Waals surface area contributed by atoms with Crippen LogP contribution in [0.2, 0.25) is 0 Å². The van der Waals surface area contributed by atoms with Crippen LogP contribution in [0.3, 0.4) is 0 Å². The summed E-state index contributed by atoms with van der Waals surface area (Å²) in [6.07, 6.45) is 6.53. The molecule has 5 nitrogen and oxygen atoms in total. The van der Waals surface area contributed by atoms with E-state index in [1.165, 1.54) is 12.1 Å². The van der Waals surface area contributed by atoms with Crippen molar-refractivity contribution in [2.24, 2.45) is 0 Å². The molecule has 0 radical (unpaired) electrons. The van der Waals surface area contributed by atoms with Crippen LogP contribution in [-0.2, 0) is 22.6 Å². The van der Waals surface area contributed by atoms with Crippen molar-refractivity contribution in [2.75, 3.05) is 7.11 Å². The van der Waals surface area contributed by atoms with E-state index in [1.807, 2.05) is 12.1 Å². The van der Waals surface area contributed by atoms with E-state index in [0.29, 0.717) is 41.9 Å². The average Bonchev–Trinajstić information content (AvgIpc) is 2.88. The number of carbonyl (C=O) groups excluding carboxylic acids is 2. The summed E-state index contributed by atoms with van der Waals surface area (Å²) in [6.45, 7) is 4.15. The van der Waals surface area contributed by atoms with Gasteiger partial charge in [0.05, 0.1) is 7.11 Å². The van der Waals surface area contributed by atoms with Crippen molar-refractivity contribution in [3.8, 4) is 11.5 Å². The van der Waals surface area contributed by atoms with Crippen molar-refractivity contribution in [3.63, 3.8) is 0 Å². The van der Waals surface area contributed by atoms with Crippen molar-refractivity contribution in [1.29, 1.82) is 0 Å². The molecule has 3 aliphatic rings. The van der Waals surface area contributed by atoms with E-state index in [0.717, 1.165) is 53.8 Å². The number of allylic oxidation sites excluding steroid dienone is 5. The fourth-order valence-corrected chi connectivity index (χ4v) is 5.53. The largest absolute Gasteiger partial charge is 0.493 e. The van der Waals surface area contributed by atoms with Crippen LogP contribution in [0.25, 0.3) is 0 Å². The maximum Gasteiger partial charge on any atom is 0.165 e. The van der Waals surface area contributed by atoms with E-state index >= 15 is 0 Å². The molecule has 0 fully saturated rings. The zero-order chi connectivity index (χ0) is 25.2. The number of hydrogen-bond donors (Lipinski definition) is 1. The molecule has 2 aromatic carbocycles. The minimum absolute atomic E-state index is 0.0968. The van der Waals surface area contributed by atoms with Crippen LogP contribution < -0.4 is 14.8 Å². The van der Waals surface area contributed by atoms with Crippen molar-refractivity contribution in [2.45, 2.75) is 57.5 Å². The molecule has 0 unspecified atom stereocenters. The van der Waals surface area contributed by atoms with E-state index < -0.39 is 5.92 Å². The summed E-state index contributed by atoms with van der Waals surface area (Å²) in [5, 5.41) is 3.46. The van der Waals surface area contributed by atoms with Crippen LogP contribution in [0.1, 0.15) is 61.1 Å². The third kappa shape index (κ3) is 4.48. The van der Waals surface area contributed by atoms with Gasteiger partial charge in [0, 0.05) is 46.9 Å². The molecule has 1 N–H and O–H groups in total. The first-order chi connectivity index (χ1) is 17.5. The molecule has 0 aromatic heterocycles. The Morgan fingerprint density at radius 2 is 1.64 bits per heavy atom. The maximum atomic E-state index is 13.3. The van der Waals surface area contributed by atoms with Gasteiger partial charge in [0.25, 0.3) is 0 Å². The first-order valence-electron chi connectivity index (χ1n) is 12.5. The Balaban J connectivity index is 1.60.